The lowest BCUT2D eigenvalue weighted by Crippen LogP contribution is -2.54. The van der Waals surface area contributed by atoms with Gasteiger partial charge < -0.3 is 5.73 Å². The van der Waals surface area contributed by atoms with E-state index in [-0.39, 0.29) is 17.4 Å². The molecule has 1 aromatic rings. The zero-order chi connectivity index (χ0) is 14.8. The normalized spacial score (nSPS) is 15.5. The second-order valence-electron chi connectivity index (χ2n) is 5.29. The van der Waals surface area contributed by atoms with Gasteiger partial charge in [0, 0.05) is 16.6 Å². The zero-order valence-electron chi connectivity index (χ0n) is 11.7. The molecular formula is C13H21BrN2O2S. The summed E-state index contributed by atoms with van der Waals surface area (Å²) in [6.07, 6.45) is 0. The highest BCUT2D eigenvalue weighted by Crippen LogP contribution is 2.23. The first kappa shape index (κ1) is 16.6. The van der Waals surface area contributed by atoms with E-state index in [2.05, 4.69) is 20.7 Å². The first-order valence-electron chi connectivity index (χ1n) is 6.12. The summed E-state index contributed by atoms with van der Waals surface area (Å²) in [7, 11) is -3.57. The fraction of sp³-hybridized carbons (Fsp3) is 0.538. The minimum Gasteiger partial charge on any atom is -0.329 e. The monoisotopic (exact) mass is 348 g/mol. The van der Waals surface area contributed by atoms with Crippen molar-refractivity contribution in [1.29, 1.82) is 0 Å². The fourth-order valence-electron chi connectivity index (χ4n) is 1.55. The van der Waals surface area contributed by atoms with Crippen molar-refractivity contribution >= 4 is 26.0 Å². The van der Waals surface area contributed by atoms with Crippen LogP contribution in [0, 0.1) is 12.8 Å². The van der Waals surface area contributed by atoms with Gasteiger partial charge in [-0.3, -0.25) is 0 Å². The molecule has 6 heteroatoms. The summed E-state index contributed by atoms with van der Waals surface area (Å²) < 4.78 is 28.4. The second-order valence-corrected chi connectivity index (χ2v) is 7.83. The van der Waals surface area contributed by atoms with Crippen LogP contribution in [0.2, 0.25) is 0 Å². The van der Waals surface area contributed by atoms with Gasteiger partial charge in [-0.15, -0.1) is 0 Å². The molecule has 0 fully saturated rings. The van der Waals surface area contributed by atoms with Gasteiger partial charge in [0.2, 0.25) is 10.0 Å². The summed E-state index contributed by atoms with van der Waals surface area (Å²) >= 11 is 3.36. The standard InChI is InChI=1S/C13H21BrN2O2S/c1-9(2)13(4,8-15)16-19(17,18)11-5-6-12(14)10(3)7-11/h5-7,9,16H,8,15H2,1-4H3. The first-order valence-corrected chi connectivity index (χ1v) is 8.40. The number of halogens is 1. The maximum Gasteiger partial charge on any atom is 0.241 e. The molecule has 0 saturated carbocycles. The van der Waals surface area contributed by atoms with Crippen molar-refractivity contribution < 1.29 is 8.42 Å². The Hall–Kier alpha value is -0.430. The number of nitrogens with two attached hydrogens (primary N) is 1. The zero-order valence-corrected chi connectivity index (χ0v) is 14.1. The van der Waals surface area contributed by atoms with Gasteiger partial charge in [-0.05, 0) is 43.5 Å². The molecule has 3 N–H and O–H groups in total. The van der Waals surface area contributed by atoms with Crippen LogP contribution in [-0.4, -0.2) is 20.5 Å². The molecule has 1 aromatic carbocycles. The maximum atomic E-state index is 12.4. The Balaban J connectivity index is 3.14. The number of rotatable bonds is 5. The van der Waals surface area contributed by atoms with Gasteiger partial charge in [0.1, 0.15) is 0 Å². The molecule has 0 aliphatic rings. The Morgan fingerprint density at radius 3 is 2.42 bits per heavy atom. The molecule has 4 nitrogen and oxygen atoms in total. The number of sulfonamides is 1. The van der Waals surface area contributed by atoms with Crippen molar-refractivity contribution in [3.63, 3.8) is 0 Å². The van der Waals surface area contributed by atoms with Gasteiger partial charge in [-0.1, -0.05) is 29.8 Å². The van der Waals surface area contributed by atoms with E-state index in [1.54, 1.807) is 18.2 Å². The largest absolute Gasteiger partial charge is 0.329 e. The topological polar surface area (TPSA) is 72.2 Å². The third kappa shape index (κ3) is 3.78. The van der Waals surface area contributed by atoms with E-state index in [1.807, 2.05) is 27.7 Å². The van der Waals surface area contributed by atoms with Gasteiger partial charge in [-0.25, -0.2) is 13.1 Å². The van der Waals surface area contributed by atoms with E-state index in [9.17, 15) is 8.42 Å². The highest BCUT2D eigenvalue weighted by molar-refractivity contribution is 9.10. The lowest BCUT2D eigenvalue weighted by molar-refractivity contribution is 0.315. The van der Waals surface area contributed by atoms with Crippen LogP contribution in [0.3, 0.4) is 0 Å². The third-order valence-electron chi connectivity index (χ3n) is 3.51. The van der Waals surface area contributed by atoms with E-state index in [4.69, 9.17) is 5.73 Å². The molecule has 1 atom stereocenters. The van der Waals surface area contributed by atoms with Crippen molar-refractivity contribution in [2.45, 2.75) is 38.1 Å². The minimum atomic E-state index is -3.57. The van der Waals surface area contributed by atoms with E-state index >= 15 is 0 Å². The number of hydrogen-bond donors (Lipinski definition) is 2. The van der Waals surface area contributed by atoms with Crippen LogP contribution in [0.5, 0.6) is 0 Å². The summed E-state index contributed by atoms with van der Waals surface area (Å²) in [4.78, 5) is 0.258. The van der Waals surface area contributed by atoms with E-state index in [0.29, 0.717) is 0 Å². The maximum absolute atomic E-state index is 12.4. The predicted octanol–water partition coefficient (Wildman–Crippen LogP) is 2.41. The highest BCUT2D eigenvalue weighted by atomic mass is 79.9. The van der Waals surface area contributed by atoms with E-state index in [1.165, 1.54) is 0 Å². The van der Waals surface area contributed by atoms with Gasteiger partial charge in [-0.2, -0.15) is 0 Å². The SMILES string of the molecule is Cc1cc(S(=O)(=O)NC(C)(CN)C(C)C)ccc1Br. The molecule has 19 heavy (non-hydrogen) atoms. The van der Waals surface area contributed by atoms with Gasteiger partial charge in [0.15, 0.2) is 0 Å². The molecule has 0 radical (unpaired) electrons. The number of nitrogens with one attached hydrogen (secondary N) is 1. The quantitative estimate of drug-likeness (QED) is 0.858. The fourth-order valence-corrected chi connectivity index (χ4v) is 3.42. The third-order valence-corrected chi connectivity index (χ3v) is 6.00. The van der Waals surface area contributed by atoms with Gasteiger partial charge in [0.25, 0.3) is 0 Å². The molecule has 0 aliphatic carbocycles. The van der Waals surface area contributed by atoms with Crippen molar-refractivity contribution in [2.24, 2.45) is 11.7 Å². The Morgan fingerprint density at radius 1 is 1.42 bits per heavy atom. The van der Waals surface area contributed by atoms with Crippen LogP contribution in [0.1, 0.15) is 26.3 Å². The Kier molecular flexibility index (Phi) is 5.17. The van der Waals surface area contributed by atoms with Crippen molar-refractivity contribution in [1.82, 2.24) is 4.72 Å². The lowest BCUT2D eigenvalue weighted by Gasteiger charge is -2.33. The molecule has 0 saturated heterocycles. The molecular weight excluding hydrogens is 328 g/mol. The number of benzene rings is 1. The first-order chi connectivity index (χ1) is 8.62. The molecule has 1 rings (SSSR count). The highest BCUT2D eigenvalue weighted by Gasteiger charge is 2.32. The Bertz CT molecular complexity index is 558. The summed E-state index contributed by atoms with van der Waals surface area (Å²) in [6.45, 7) is 7.82. The summed E-state index contributed by atoms with van der Waals surface area (Å²) in [5.74, 6) is 0.101. The van der Waals surface area contributed by atoms with Crippen molar-refractivity contribution in [3.8, 4) is 0 Å². The summed E-state index contributed by atoms with van der Waals surface area (Å²) in [5.41, 5.74) is 5.94. The van der Waals surface area contributed by atoms with Crippen LogP contribution in [0.4, 0.5) is 0 Å². The Morgan fingerprint density at radius 2 is 2.00 bits per heavy atom. The number of hydrogen-bond acceptors (Lipinski definition) is 3. The molecule has 0 aromatic heterocycles. The van der Waals surface area contributed by atoms with Gasteiger partial charge in [0.05, 0.1) is 4.90 Å². The molecule has 0 bridgehead atoms. The second kappa shape index (κ2) is 5.91. The summed E-state index contributed by atoms with van der Waals surface area (Å²) in [6, 6.07) is 4.96. The Labute approximate surface area is 124 Å². The van der Waals surface area contributed by atoms with E-state index < -0.39 is 15.6 Å². The van der Waals surface area contributed by atoms with E-state index in [0.717, 1.165) is 10.0 Å². The molecule has 0 heterocycles. The summed E-state index contributed by atoms with van der Waals surface area (Å²) in [5, 5.41) is 0. The van der Waals surface area contributed by atoms with Crippen LogP contribution in [-0.2, 0) is 10.0 Å². The average Bonchev–Trinajstić information content (AvgIpc) is 2.31. The predicted molar refractivity (Wildman–Crippen MR) is 81.5 cm³/mol. The van der Waals surface area contributed by atoms with Crippen LogP contribution in [0.15, 0.2) is 27.6 Å². The molecule has 1 unspecified atom stereocenters. The lowest BCUT2D eigenvalue weighted by atomic mass is 9.90. The minimum absolute atomic E-state index is 0.101. The van der Waals surface area contributed by atoms with Gasteiger partial charge >= 0.3 is 0 Å². The smallest absolute Gasteiger partial charge is 0.241 e. The van der Waals surface area contributed by atoms with Crippen molar-refractivity contribution in [2.75, 3.05) is 6.54 Å². The van der Waals surface area contributed by atoms with Crippen LogP contribution >= 0.6 is 15.9 Å². The van der Waals surface area contributed by atoms with Crippen molar-refractivity contribution in [3.05, 3.63) is 28.2 Å². The molecule has 0 amide bonds. The molecule has 0 spiro atoms. The number of aryl methyl sites for hydroxylation is 1. The average molecular weight is 349 g/mol. The molecule has 108 valence electrons. The van der Waals surface area contributed by atoms with Crippen LogP contribution < -0.4 is 10.5 Å². The van der Waals surface area contributed by atoms with Crippen LogP contribution in [0.25, 0.3) is 0 Å². The molecule has 0 aliphatic heterocycles.